The summed E-state index contributed by atoms with van der Waals surface area (Å²) in [7, 11) is -4.66. The number of azide groups is 1. The molecule has 1 aliphatic rings. The fraction of sp³-hybridized carbons (Fsp3) is 0.222. The van der Waals surface area contributed by atoms with Crippen LogP contribution in [0.15, 0.2) is 35.4 Å². The Morgan fingerprint density at radius 1 is 1.33 bits per heavy atom. The highest BCUT2D eigenvalue weighted by molar-refractivity contribution is 7.84. The van der Waals surface area contributed by atoms with Gasteiger partial charge in [0, 0.05) is 4.91 Å². The normalized spacial score (nSPS) is 23.2. The van der Waals surface area contributed by atoms with Crippen LogP contribution < -0.4 is 0 Å². The molecule has 2 atom stereocenters. The summed E-state index contributed by atoms with van der Waals surface area (Å²) in [5, 5.41) is 3.25. The third-order valence-corrected chi connectivity index (χ3v) is 3.49. The van der Waals surface area contributed by atoms with E-state index in [1.54, 1.807) is 30.3 Å². The molecule has 0 aliphatic carbocycles. The highest BCUT2D eigenvalue weighted by Crippen LogP contribution is 2.38. The molecule has 94 valence electrons. The largest absolute Gasteiger partial charge is 0.362 e. The molecule has 8 nitrogen and oxygen atoms in total. The van der Waals surface area contributed by atoms with Crippen LogP contribution in [0.5, 0.6) is 0 Å². The Balaban J connectivity index is 2.46. The molecule has 1 fully saturated rings. The molecule has 2 rings (SSSR count). The average Bonchev–Trinajstić information content (AvgIpc) is 2.32. The Bertz CT molecular complexity index is 623. The van der Waals surface area contributed by atoms with Gasteiger partial charge in [0.15, 0.2) is 0 Å². The first kappa shape index (κ1) is 12.4. The van der Waals surface area contributed by atoms with Gasteiger partial charge in [-0.25, -0.2) is 4.31 Å². The van der Waals surface area contributed by atoms with Gasteiger partial charge >= 0.3 is 10.3 Å². The van der Waals surface area contributed by atoms with Crippen molar-refractivity contribution in [2.24, 2.45) is 5.11 Å². The topological polar surface area (TPSA) is 123 Å². The molecule has 0 bridgehead atoms. The van der Waals surface area contributed by atoms with Crippen LogP contribution in [0.3, 0.4) is 0 Å². The monoisotopic (exact) mass is 268 g/mol. The van der Waals surface area contributed by atoms with Crippen LogP contribution in [-0.2, 0) is 15.1 Å². The van der Waals surface area contributed by atoms with Crippen molar-refractivity contribution in [3.63, 3.8) is 0 Å². The van der Waals surface area contributed by atoms with Gasteiger partial charge in [0.1, 0.15) is 6.04 Å². The molecule has 1 aliphatic heterocycles. The summed E-state index contributed by atoms with van der Waals surface area (Å²) < 4.78 is 31.4. The van der Waals surface area contributed by atoms with Gasteiger partial charge in [-0.2, -0.15) is 8.42 Å². The van der Waals surface area contributed by atoms with Crippen molar-refractivity contribution in [3.8, 4) is 0 Å². The molecule has 0 saturated carbocycles. The number of rotatable bonds is 3. The maximum absolute atomic E-state index is 11.5. The van der Waals surface area contributed by atoms with Gasteiger partial charge in [-0.3, -0.25) is 9.35 Å². The van der Waals surface area contributed by atoms with Gasteiger partial charge in [-0.05, 0) is 11.1 Å². The predicted molar refractivity (Wildman–Crippen MR) is 60.5 cm³/mol. The van der Waals surface area contributed by atoms with Crippen LogP contribution in [0, 0.1) is 0 Å². The molecule has 0 aromatic heterocycles. The summed E-state index contributed by atoms with van der Waals surface area (Å²) in [5.74, 6) is -0.941. The minimum Gasteiger partial charge on any atom is -0.273 e. The summed E-state index contributed by atoms with van der Waals surface area (Å²) >= 11 is 0. The first-order chi connectivity index (χ1) is 8.46. The molecule has 9 heteroatoms. The van der Waals surface area contributed by atoms with Crippen molar-refractivity contribution in [2.75, 3.05) is 0 Å². The average molecular weight is 268 g/mol. The van der Waals surface area contributed by atoms with Crippen LogP contribution in [0.1, 0.15) is 11.6 Å². The lowest BCUT2D eigenvalue weighted by molar-refractivity contribution is -0.141. The van der Waals surface area contributed by atoms with E-state index >= 15 is 0 Å². The highest BCUT2D eigenvalue weighted by atomic mass is 32.2. The third kappa shape index (κ3) is 1.90. The lowest BCUT2D eigenvalue weighted by Crippen LogP contribution is -2.59. The molecule has 0 radical (unpaired) electrons. The third-order valence-electron chi connectivity index (χ3n) is 2.59. The van der Waals surface area contributed by atoms with E-state index in [1.807, 2.05) is 0 Å². The summed E-state index contributed by atoms with van der Waals surface area (Å²) in [6, 6.07) is 6.01. The van der Waals surface area contributed by atoms with Gasteiger partial charge in [-0.1, -0.05) is 35.4 Å². The number of nitrogens with zero attached hydrogens (tertiary/aromatic N) is 4. The number of β-lactam (4-membered cyclic amide) rings is 1. The molecule has 1 aromatic rings. The fourth-order valence-electron chi connectivity index (χ4n) is 1.84. The Labute approximate surface area is 102 Å². The molecule has 1 heterocycles. The first-order valence-corrected chi connectivity index (χ1v) is 6.26. The highest BCUT2D eigenvalue weighted by Gasteiger charge is 2.53. The van der Waals surface area contributed by atoms with E-state index in [1.165, 1.54) is 0 Å². The van der Waals surface area contributed by atoms with Crippen molar-refractivity contribution in [2.45, 2.75) is 12.1 Å². The molecule has 1 amide bonds. The lowest BCUT2D eigenvalue weighted by atomic mass is 9.92. The molecular weight excluding hydrogens is 260 g/mol. The molecule has 1 N–H and O–H groups in total. The SMILES string of the molecule is [N-]=[N+]=N[C@@H]1C(=O)N(S(=O)(=O)O)[C@@H]1c1ccccc1. The molecule has 18 heavy (non-hydrogen) atoms. The van der Waals surface area contributed by atoms with E-state index < -0.39 is 28.3 Å². The van der Waals surface area contributed by atoms with Crippen LogP contribution >= 0.6 is 0 Å². The van der Waals surface area contributed by atoms with E-state index in [0.717, 1.165) is 0 Å². The summed E-state index contributed by atoms with van der Waals surface area (Å²) in [6.45, 7) is 0. The lowest BCUT2D eigenvalue weighted by Gasteiger charge is -2.42. The second kappa shape index (κ2) is 4.30. The first-order valence-electron chi connectivity index (χ1n) is 4.86. The summed E-state index contributed by atoms with van der Waals surface area (Å²) in [4.78, 5) is 14.0. The van der Waals surface area contributed by atoms with E-state index in [4.69, 9.17) is 10.1 Å². The van der Waals surface area contributed by atoms with E-state index in [0.29, 0.717) is 9.87 Å². The zero-order chi connectivity index (χ0) is 13.3. The number of carbonyl (C=O) groups excluding carboxylic acids is 1. The van der Waals surface area contributed by atoms with Crippen LogP contribution in [-0.4, -0.2) is 29.2 Å². The van der Waals surface area contributed by atoms with E-state index in [2.05, 4.69) is 10.0 Å². The Hall–Kier alpha value is -2.09. The summed E-state index contributed by atoms with van der Waals surface area (Å²) in [5.41, 5.74) is 8.81. The minimum atomic E-state index is -4.66. The van der Waals surface area contributed by atoms with Crippen molar-refractivity contribution >= 4 is 16.2 Å². The number of hydrogen-bond donors (Lipinski definition) is 1. The van der Waals surface area contributed by atoms with Gasteiger partial charge in [-0.15, -0.1) is 0 Å². The maximum atomic E-state index is 11.5. The Morgan fingerprint density at radius 2 is 1.94 bits per heavy atom. The van der Waals surface area contributed by atoms with Gasteiger partial charge in [0.2, 0.25) is 5.91 Å². The Kier molecular flexibility index (Phi) is 2.95. The van der Waals surface area contributed by atoms with Crippen molar-refractivity contribution < 1.29 is 17.8 Å². The zero-order valence-corrected chi connectivity index (χ0v) is 9.73. The number of benzene rings is 1. The second-order valence-electron chi connectivity index (χ2n) is 3.62. The number of hydrogen-bond acceptors (Lipinski definition) is 4. The van der Waals surface area contributed by atoms with Gasteiger partial charge in [0.05, 0.1) is 6.04 Å². The molecule has 0 unspecified atom stereocenters. The fourth-order valence-corrected chi connectivity index (χ4v) is 2.70. The maximum Gasteiger partial charge on any atom is 0.362 e. The quantitative estimate of drug-likeness (QED) is 0.289. The van der Waals surface area contributed by atoms with Crippen LogP contribution in [0.2, 0.25) is 0 Å². The van der Waals surface area contributed by atoms with E-state index in [-0.39, 0.29) is 0 Å². The van der Waals surface area contributed by atoms with Crippen molar-refractivity contribution in [1.82, 2.24) is 4.31 Å². The zero-order valence-electron chi connectivity index (χ0n) is 8.91. The van der Waals surface area contributed by atoms with Crippen molar-refractivity contribution in [1.29, 1.82) is 0 Å². The molecular formula is C9H8N4O4S. The van der Waals surface area contributed by atoms with Crippen LogP contribution in [0.4, 0.5) is 0 Å². The number of amides is 1. The minimum absolute atomic E-state index is 0.307. The van der Waals surface area contributed by atoms with Crippen molar-refractivity contribution in [3.05, 3.63) is 46.3 Å². The molecule has 1 aromatic carbocycles. The second-order valence-corrected chi connectivity index (χ2v) is 4.91. The van der Waals surface area contributed by atoms with Gasteiger partial charge in [0.25, 0.3) is 0 Å². The predicted octanol–water partition coefficient (Wildman–Crippen LogP) is 1.05. The van der Waals surface area contributed by atoms with Gasteiger partial charge < -0.3 is 0 Å². The van der Waals surface area contributed by atoms with Crippen LogP contribution in [0.25, 0.3) is 10.4 Å². The Morgan fingerprint density at radius 3 is 2.44 bits per heavy atom. The van der Waals surface area contributed by atoms with E-state index in [9.17, 15) is 13.2 Å². The molecule has 1 saturated heterocycles. The standard InChI is InChI=1S/C9H8N4O4S/c10-12-11-7-8(6-4-2-1-3-5-6)13(9(7)14)18(15,16)17/h1-5,7-8H,(H,15,16,17)/t7-,8+/m0/s1. The summed E-state index contributed by atoms with van der Waals surface area (Å²) in [6.07, 6.45) is 0. The molecule has 0 spiro atoms. The number of carbonyl (C=O) groups is 1. The smallest absolute Gasteiger partial charge is 0.273 e.